The second-order valence-electron chi connectivity index (χ2n) is 4.32. The molecule has 0 spiro atoms. The van der Waals surface area contributed by atoms with Crippen molar-refractivity contribution in [1.29, 1.82) is 0 Å². The second-order valence-corrected chi connectivity index (χ2v) is 5.46. The maximum atomic E-state index is 12.4. The summed E-state index contributed by atoms with van der Waals surface area (Å²) in [5, 5.41) is 0.854. The van der Waals surface area contributed by atoms with Gasteiger partial charge in [-0.25, -0.2) is 4.98 Å². The van der Waals surface area contributed by atoms with Gasteiger partial charge in [-0.1, -0.05) is 12.1 Å². The summed E-state index contributed by atoms with van der Waals surface area (Å²) in [4.78, 5) is 5.19. The van der Waals surface area contributed by atoms with Crippen molar-refractivity contribution in [2.75, 3.05) is 0 Å². The van der Waals surface area contributed by atoms with E-state index in [9.17, 15) is 13.2 Å². The fraction of sp³-hybridized carbons (Fsp3) is 0.308. The lowest BCUT2D eigenvalue weighted by atomic mass is 10.1. The minimum Gasteiger partial charge on any atom is -0.323 e. The summed E-state index contributed by atoms with van der Waals surface area (Å²) in [6.07, 6.45) is -2.05. The van der Waals surface area contributed by atoms with Gasteiger partial charge in [-0.3, -0.25) is 0 Å². The topological polar surface area (TPSA) is 38.9 Å². The predicted molar refractivity (Wildman–Crippen MR) is 69.0 cm³/mol. The molecule has 0 radical (unpaired) electrons. The van der Waals surface area contributed by atoms with E-state index < -0.39 is 11.7 Å². The lowest BCUT2D eigenvalue weighted by molar-refractivity contribution is -0.137. The fourth-order valence-corrected chi connectivity index (χ4v) is 2.51. The third kappa shape index (κ3) is 3.54. The van der Waals surface area contributed by atoms with Crippen molar-refractivity contribution >= 4 is 11.3 Å². The number of nitrogens with two attached hydrogens (primary N) is 1. The van der Waals surface area contributed by atoms with Crippen LogP contribution >= 0.6 is 11.3 Å². The van der Waals surface area contributed by atoms with Gasteiger partial charge in [0.1, 0.15) is 0 Å². The first-order chi connectivity index (χ1) is 8.86. The van der Waals surface area contributed by atoms with Crippen molar-refractivity contribution < 1.29 is 13.2 Å². The lowest BCUT2D eigenvalue weighted by Crippen LogP contribution is -2.04. The Balaban J connectivity index is 2.11. The Kier molecular flexibility index (Phi) is 3.91. The molecule has 2 N–H and O–H groups in total. The molecule has 19 heavy (non-hydrogen) atoms. The fourth-order valence-electron chi connectivity index (χ4n) is 1.60. The van der Waals surface area contributed by atoms with Gasteiger partial charge in [0.2, 0.25) is 0 Å². The third-order valence-electron chi connectivity index (χ3n) is 2.66. The number of nitrogens with zero attached hydrogens (tertiary/aromatic N) is 1. The van der Waals surface area contributed by atoms with E-state index in [-0.39, 0.29) is 6.04 Å². The summed E-state index contributed by atoms with van der Waals surface area (Å²) in [5.41, 5.74) is 5.91. The van der Waals surface area contributed by atoms with E-state index in [1.807, 2.05) is 6.92 Å². The molecule has 2 aromatic rings. The number of benzene rings is 1. The van der Waals surface area contributed by atoms with Crippen molar-refractivity contribution in [2.24, 2.45) is 5.73 Å². The quantitative estimate of drug-likeness (QED) is 0.932. The molecule has 0 amide bonds. The van der Waals surface area contributed by atoms with E-state index in [0.717, 1.165) is 27.6 Å². The monoisotopic (exact) mass is 286 g/mol. The van der Waals surface area contributed by atoms with Crippen molar-refractivity contribution in [2.45, 2.75) is 25.6 Å². The Hall–Kier alpha value is -1.40. The average Bonchev–Trinajstić information content (AvgIpc) is 2.77. The molecule has 2 rings (SSSR count). The number of alkyl halides is 3. The van der Waals surface area contributed by atoms with Gasteiger partial charge in [-0.15, -0.1) is 11.3 Å². The first-order valence-electron chi connectivity index (χ1n) is 5.72. The van der Waals surface area contributed by atoms with Crippen LogP contribution in [0.25, 0.3) is 0 Å². The third-order valence-corrected chi connectivity index (χ3v) is 3.86. The van der Waals surface area contributed by atoms with E-state index >= 15 is 0 Å². The normalized spacial score (nSPS) is 13.5. The van der Waals surface area contributed by atoms with Crippen LogP contribution in [0.5, 0.6) is 0 Å². The minimum atomic E-state index is -4.29. The van der Waals surface area contributed by atoms with E-state index in [2.05, 4.69) is 4.98 Å². The number of hydrogen-bond acceptors (Lipinski definition) is 3. The van der Waals surface area contributed by atoms with Gasteiger partial charge >= 0.3 is 6.18 Å². The average molecular weight is 286 g/mol. The highest BCUT2D eigenvalue weighted by atomic mass is 32.1. The Morgan fingerprint density at radius 2 is 1.89 bits per heavy atom. The van der Waals surface area contributed by atoms with E-state index in [0.29, 0.717) is 6.42 Å². The molecule has 6 heteroatoms. The smallest absolute Gasteiger partial charge is 0.323 e. The largest absolute Gasteiger partial charge is 0.416 e. The minimum absolute atomic E-state index is 0.0705. The van der Waals surface area contributed by atoms with Crippen LogP contribution in [0.4, 0.5) is 13.2 Å². The van der Waals surface area contributed by atoms with E-state index in [4.69, 9.17) is 5.73 Å². The highest BCUT2D eigenvalue weighted by Crippen LogP contribution is 2.29. The number of rotatable bonds is 3. The molecule has 1 aromatic heterocycles. The van der Waals surface area contributed by atoms with E-state index in [1.54, 1.807) is 6.20 Å². The second kappa shape index (κ2) is 5.30. The molecule has 1 atom stereocenters. The van der Waals surface area contributed by atoms with Crippen molar-refractivity contribution in [3.63, 3.8) is 0 Å². The molecule has 1 heterocycles. The SMILES string of the molecule is C[C@@H](N)c1cnc(Cc2ccc(C(F)(F)F)cc2)s1. The molecule has 0 aliphatic heterocycles. The molecule has 0 saturated heterocycles. The molecule has 0 aliphatic rings. The molecule has 0 saturated carbocycles. The van der Waals surface area contributed by atoms with Crippen LogP contribution in [0.3, 0.4) is 0 Å². The Morgan fingerprint density at radius 3 is 2.37 bits per heavy atom. The highest BCUT2D eigenvalue weighted by Gasteiger charge is 2.29. The number of halogens is 3. The van der Waals surface area contributed by atoms with Gasteiger partial charge in [0, 0.05) is 23.5 Å². The van der Waals surface area contributed by atoms with Crippen LogP contribution in [0, 0.1) is 0 Å². The number of aromatic nitrogens is 1. The first-order valence-corrected chi connectivity index (χ1v) is 6.54. The molecule has 1 aromatic carbocycles. The molecule has 2 nitrogen and oxygen atoms in total. The molecule has 0 bridgehead atoms. The van der Waals surface area contributed by atoms with Crippen molar-refractivity contribution in [1.82, 2.24) is 4.98 Å². The summed E-state index contributed by atoms with van der Waals surface area (Å²) >= 11 is 1.49. The van der Waals surface area contributed by atoms with Gasteiger partial charge in [-0.05, 0) is 24.6 Å². The summed E-state index contributed by atoms with van der Waals surface area (Å²) in [5.74, 6) is 0. The number of hydrogen-bond donors (Lipinski definition) is 1. The Bertz CT molecular complexity index is 544. The highest BCUT2D eigenvalue weighted by molar-refractivity contribution is 7.11. The summed E-state index contributed by atoms with van der Waals surface area (Å²) in [7, 11) is 0. The van der Waals surface area contributed by atoms with E-state index in [1.165, 1.54) is 23.5 Å². The summed E-state index contributed by atoms with van der Waals surface area (Å²) in [6, 6.07) is 5.08. The zero-order chi connectivity index (χ0) is 14.0. The van der Waals surface area contributed by atoms with Gasteiger partial charge in [-0.2, -0.15) is 13.2 Å². The molecule has 0 unspecified atom stereocenters. The van der Waals surface area contributed by atoms with Crippen LogP contribution in [0.1, 0.15) is 34.0 Å². The van der Waals surface area contributed by atoms with Crippen molar-refractivity contribution in [3.05, 3.63) is 51.5 Å². The van der Waals surface area contributed by atoms with Crippen molar-refractivity contribution in [3.8, 4) is 0 Å². The summed E-state index contributed by atoms with van der Waals surface area (Å²) in [6.45, 7) is 1.87. The Morgan fingerprint density at radius 1 is 1.26 bits per heavy atom. The van der Waals surface area contributed by atoms with Crippen LogP contribution in [-0.2, 0) is 12.6 Å². The summed E-state index contributed by atoms with van der Waals surface area (Å²) < 4.78 is 37.2. The zero-order valence-corrected chi connectivity index (χ0v) is 11.1. The maximum Gasteiger partial charge on any atom is 0.416 e. The van der Waals surface area contributed by atoms with Gasteiger partial charge in [0.25, 0.3) is 0 Å². The van der Waals surface area contributed by atoms with Gasteiger partial charge < -0.3 is 5.73 Å². The van der Waals surface area contributed by atoms with Crippen LogP contribution in [0.15, 0.2) is 30.5 Å². The van der Waals surface area contributed by atoms with Gasteiger partial charge in [0.15, 0.2) is 0 Å². The molecule has 0 aliphatic carbocycles. The molecular weight excluding hydrogens is 273 g/mol. The zero-order valence-electron chi connectivity index (χ0n) is 10.2. The standard InChI is InChI=1S/C13H13F3N2S/c1-8(17)11-7-18-12(19-11)6-9-2-4-10(5-3-9)13(14,15)16/h2-5,7-8H,6,17H2,1H3/t8-/m1/s1. The lowest BCUT2D eigenvalue weighted by Gasteiger charge is -2.06. The Labute approximate surface area is 113 Å². The molecular formula is C13H13F3N2S. The molecule has 0 fully saturated rings. The van der Waals surface area contributed by atoms with Crippen LogP contribution in [-0.4, -0.2) is 4.98 Å². The predicted octanol–water partition coefficient (Wildman–Crippen LogP) is 3.77. The first kappa shape index (κ1) is 14.0. The molecule has 102 valence electrons. The number of thiazole rings is 1. The van der Waals surface area contributed by atoms with Gasteiger partial charge in [0.05, 0.1) is 10.6 Å². The maximum absolute atomic E-state index is 12.4. The van der Waals surface area contributed by atoms with Crippen LogP contribution in [0.2, 0.25) is 0 Å². The van der Waals surface area contributed by atoms with Crippen LogP contribution < -0.4 is 5.73 Å².